The fraction of sp³-hybridized carbons (Fsp3) is 0.562. The van der Waals surface area contributed by atoms with Crippen molar-refractivity contribution in [2.24, 2.45) is 5.92 Å². The van der Waals surface area contributed by atoms with E-state index in [1.807, 2.05) is 6.07 Å². The van der Waals surface area contributed by atoms with Crippen LogP contribution in [0, 0.1) is 5.92 Å². The van der Waals surface area contributed by atoms with Crippen LogP contribution in [0.2, 0.25) is 0 Å². The van der Waals surface area contributed by atoms with Gasteiger partial charge in [-0.05, 0) is 49.7 Å². The van der Waals surface area contributed by atoms with Gasteiger partial charge in [0.15, 0.2) is 9.84 Å². The van der Waals surface area contributed by atoms with Crippen LogP contribution in [0.3, 0.4) is 0 Å². The molecule has 0 radical (unpaired) electrons. The highest BCUT2D eigenvalue weighted by atomic mass is 32.2. The summed E-state index contributed by atoms with van der Waals surface area (Å²) < 4.78 is 28.3. The Balaban J connectivity index is 1.58. The Morgan fingerprint density at radius 2 is 2.12 bits per heavy atom. The summed E-state index contributed by atoms with van der Waals surface area (Å²) in [5, 5.41) is 3.92. The standard InChI is InChI=1S/C16H19N3O4S/c20-16-12(8-11-3-1-2-4-13(11)17-16)15-18-14(23-19-15)7-10-5-6-24(21,22)9-10/h8,10H,1-7,9H2,(H,17,20). The van der Waals surface area contributed by atoms with E-state index in [1.54, 1.807) is 0 Å². The first-order valence-corrected chi connectivity index (χ1v) is 10.1. The largest absolute Gasteiger partial charge is 0.339 e. The number of rotatable bonds is 3. The molecule has 0 aromatic carbocycles. The van der Waals surface area contributed by atoms with Crippen LogP contribution in [0.25, 0.3) is 11.4 Å². The van der Waals surface area contributed by atoms with Crippen molar-refractivity contribution in [3.8, 4) is 11.4 Å². The van der Waals surface area contributed by atoms with Gasteiger partial charge in [0.1, 0.15) is 0 Å². The maximum absolute atomic E-state index is 12.3. The Morgan fingerprint density at radius 3 is 2.92 bits per heavy atom. The summed E-state index contributed by atoms with van der Waals surface area (Å²) in [6.07, 6.45) is 5.13. The van der Waals surface area contributed by atoms with Crippen molar-refractivity contribution in [3.63, 3.8) is 0 Å². The van der Waals surface area contributed by atoms with Crippen molar-refractivity contribution in [1.82, 2.24) is 15.1 Å². The van der Waals surface area contributed by atoms with Gasteiger partial charge in [0, 0.05) is 12.1 Å². The molecule has 8 heteroatoms. The predicted octanol–water partition coefficient (Wildman–Crippen LogP) is 1.28. The lowest BCUT2D eigenvalue weighted by Gasteiger charge is -2.15. The first-order valence-electron chi connectivity index (χ1n) is 8.29. The second-order valence-corrected chi connectivity index (χ2v) is 8.94. The number of aromatic amines is 1. The van der Waals surface area contributed by atoms with E-state index in [0.717, 1.165) is 36.9 Å². The van der Waals surface area contributed by atoms with Gasteiger partial charge in [-0.15, -0.1) is 0 Å². The maximum atomic E-state index is 12.3. The van der Waals surface area contributed by atoms with E-state index in [2.05, 4.69) is 15.1 Å². The zero-order chi connectivity index (χ0) is 16.7. The highest BCUT2D eigenvalue weighted by Crippen LogP contribution is 2.24. The summed E-state index contributed by atoms with van der Waals surface area (Å²) in [6.45, 7) is 0. The second kappa shape index (κ2) is 5.84. The van der Waals surface area contributed by atoms with Crippen LogP contribution in [0.5, 0.6) is 0 Å². The van der Waals surface area contributed by atoms with Gasteiger partial charge in [-0.25, -0.2) is 8.42 Å². The van der Waals surface area contributed by atoms with Crippen molar-refractivity contribution in [2.45, 2.75) is 38.5 Å². The Labute approximate surface area is 139 Å². The van der Waals surface area contributed by atoms with Crippen LogP contribution in [0.1, 0.15) is 36.4 Å². The SMILES string of the molecule is O=c1[nH]c2c(cc1-c1noc(CC3CCS(=O)(=O)C3)n1)CCCC2. The average molecular weight is 349 g/mol. The van der Waals surface area contributed by atoms with Crippen LogP contribution in [0.4, 0.5) is 0 Å². The number of aromatic nitrogens is 3. The van der Waals surface area contributed by atoms with Gasteiger partial charge >= 0.3 is 0 Å². The molecule has 1 atom stereocenters. The lowest BCUT2D eigenvalue weighted by Crippen LogP contribution is -2.17. The minimum absolute atomic E-state index is 0.0186. The maximum Gasteiger partial charge on any atom is 0.259 e. The van der Waals surface area contributed by atoms with Gasteiger partial charge in [-0.3, -0.25) is 4.79 Å². The van der Waals surface area contributed by atoms with Crippen LogP contribution in [0.15, 0.2) is 15.4 Å². The van der Waals surface area contributed by atoms with Crippen LogP contribution in [-0.2, 0) is 29.1 Å². The monoisotopic (exact) mass is 349 g/mol. The van der Waals surface area contributed by atoms with E-state index in [0.29, 0.717) is 24.3 Å². The highest BCUT2D eigenvalue weighted by Gasteiger charge is 2.29. The van der Waals surface area contributed by atoms with Gasteiger partial charge in [0.2, 0.25) is 11.7 Å². The van der Waals surface area contributed by atoms with Crippen molar-refractivity contribution in [1.29, 1.82) is 0 Å². The molecule has 7 nitrogen and oxygen atoms in total. The molecule has 1 aliphatic heterocycles. The summed E-state index contributed by atoms with van der Waals surface area (Å²) in [6, 6.07) is 1.86. The lowest BCUT2D eigenvalue weighted by molar-refractivity contribution is 0.359. The number of aryl methyl sites for hydroxylation is 2. The Kier molecular flexibility index (Phi) is 3.79. The quantitative estimate of drug-likeness (QED) is 0.895. The first kappa shape index (κ1) is 15.6. The van der Waals surface area contributed by atoms with Crippen molar-refractivity contribution >= 4 is 9.84 Å². The smallest absolute Gasteiger partial charge is 0.259 e. The topological polar surface area (TPSA) is 106 Å². The van der Waals surface area contributed by atoms with E-state index in [4.69, 9.17) is 4.52 Å². The summed E-state index contributed by atoms with van der Waals surface area (Å²) in [5.41, 5.74) is 2.37. The van der Waals surface area contributed by atoms with Crippen molar-refractivity contribution in [3.05, 3.63) is 33.6 Å². The molecule has 2 aromatic heterocycles. The molecule has 24 heavy (non-hydrogen) atoms. The first-order chi connectivity index (χ1) is 11.5. The molecule has 0 spiro atoms. The van der Waals surface area contributed by atoms with Gasteiger partial charge in [-0.1, -0.05) is 5.16 Å². The van der Waals surface area contributed by atoms with Gasteiger partial charge < -0.3 is 9.51 Å². The number of hydrogen-bond donors (Lipinski definition) is 1. The fourth-order valence-electron chi connectivity index (χ4n) is 3.57. The molecule has 1 aliphatic carbocycles. The average Bonchev–Trinajstić information content (AvgIpc) is 3.13. The van der Waals surface area contributed by atoms with Crippen LogP contribution < -0.4 is 5.56 Å². The van der Waals surface area contributed by atoms with Gasteiger partial charge in [-0.2, -0.15) is 4.98 Å². The van der Waals surface area contributed by atoms with E-state index >= 15 is 0 Å². The third-order valence-corrected chi connectivity index (χ3v) is 6.67. The Morgan fingerprint density at radius 1 is 1.29 bits per heavy atom. The van der Waals surface area contributed by atoms with Gasteiger partial charge in [0.05, 0.1) is 17.1 Å². The van der Waals surface area contributed by atoms with E-state index in [1.165, 1.54) is 0 Å². The molecule has 4 rings (SSSR count). The molecule has 1 unspecified atom stereocenters. The minimum atomic E-state index is -2.92. The number of nitrogens with zero attached hydrogens (tertiary/aromatic N) is 2. The number of nitrogens with one attached hydrogen (secondary N) is 1. The minimum Gasteiger partial charge on any atom is -0.339 e. The van der Waals surface area contributed by atoms with Crippen LogP contribution >= 0.6 is 0 Å². The number of pyridine rings is 1. The highest BCUT2D eigenvalue weighted by molar-refractivity contribution is 7.91. The van der Waals surface area contributed by atoms with Crippen molar-refractivity contribution in [2.75, 3.05) is 11.5 Å². The molecule has 0 bridgehead atoms. The molecule has 2 aromatic rings. The number of hydrogen-bond acceptors (Lipinski definition) is 6. The predicted molar refractivity (Wildman–Crippen MR) is 87.5 cm³/mol. The number of sulfone groups is 1. The number of H-pyrrole nitrogens is 1. The molecule has 1 saturated heterocycles. The van der Waals surface area contributed by atoms with Crippen molar-refractivity contribution < 1.29 is 12.9 Å². The second-order valence-electron chi connectivity index (χ2n) is 6.71. The van der Waals surface area contributed by atoms with E-state index in [9.17, 15) is 13.2 Å². The molecule has 3 heterocycles. The number of fused-ring (bicyclic) bond motifs is 1. The lowest BCUT2D eigenvalue weighted by atomic mass is 9.95. The van der Waals surface area contributed by atoms with Crippen LogP contribution in [-0.4, -0.2) is 35.0 Å². The molecule has 2 aliphatic rings. The zero-order valence-corrected chi connectivity index (χ0v) is 14.1. The molecule has 128 valence electrons. The summed E-state index contributed by atoms with van der Waals surface area (Å²) in [7, 11) is -2.92. The summed E-state index contributed by atoms with van der Waals surface area (Å²) >= 11 is 0. The molecule has 1 fully saturated rings. The molecule has 1 N–H and O–H groups in total. The molecule has 0 saturated carbocycles. The summed E-state index contributed by atoms with van der Waals surface area (Å²) in [4.78, 5) is 19.5. The van der Waals surface area contributed by atoms with Gasteiger partial charge in [0.25, 0.3) is 5.56 Å². The molecular weight excluding hydrogens is 330 g/mol. The zero-order valence-electron chi connectivity index (χ0n) is 13.2. The molecule has 0 amide bonds. The van der Waals surface area contributed by atoms with E-state index < -0.39 is 9.84 Å². The normalized spacial score (nSPS) is 22.4. The Bertz CT molecular complexity index is 929. The fourth-order valence-corrected chi connectivity index (χ4v) is 5.43. The third-order valence-electron chi connectivity index (χ3n) is 4.84. The van der Waals surface area contributed by atoms with E-state index in [-0.39, 0.29) is 28.8 Å². The summed E-state index contributed by atoms with van der Waals surface area (Å²) in [5.74, 6) is 1.09. The third kappa shape index (κ3) is 3.02. The molecular formula is C16H19N3O4S. The Hall–Kier alpha value is -1.96.